The van der Waals surface area contributed by atoms with Gasteiger partial charge in [-0.15, -0.1) is 0 Å². The van der Waals surface area contributed by atoms with E-state index in [9.17, 15) is 19.8 Å². The van der Waals surface area contributed by atoms with Crippen molar-refractivity contribution in [3.63, 3.8) is 0 Å². The molecule has 0 aliphatic heterocycles. The molecule has 1 rings (SSSR count). The zero-order chi connectivity index (χ0) is 23.4. The van der Waals surface area contributed by atoms with Gasteiger partial charge in [-0.05, 0) is 54.7 Å². The lowest BCUT2D eigenvalue weighted by Gasteiger charge is -2.28. The molecule has 0 aliphatic carbocycles. The number of carbonyl (C=O) groups excluding carboxylic acids is 2. The number of phenols is 1. The summed E-state index contributed by atoms with van der Waals surface area (Å²) in [6.07, 6.45) is 6.44. The van der Waals surface area contributed by atoms with Gasteiger partial charge in [-0.3, -0.25) is 4.79 Å². The van der Waals surface area contributed by atoms with Crippen molar-refractivity contribution in [1.82, 2.24) is 5.32 Å². The van der Waals surface area contributed by atoms with Crippen molar-refractivity contribution in [2.24, 2.45) is 23.7 Å². The predicted octanol–water partition coefficient (Wildman–Crippen LogP) is 3.86. The predicted molar refractivity (Wildman–Crippen MR) is 122 cm³/mol. The molecule has 1 aromatic rings. The topological polar surface area (TPSA) is 95.9 Å². The maximum absolute atomic E-state index is 13.3. The molecule has 1 aromatic carbocycles. The van der Waals surface area contributed by atoms with Gasteiger partial charge in [0.05, 0.1) is 7.11 Å². The Morgan fingerprint density at radius 1 is 1.10 bits per heavy atom. The second-order valence-electron chi connectivity index (χ2n) is 8.85. The second-order valence-corrected chi connectivity index (χ2v) is 8.85. The monoisotopic (exact) mass is 433 g/mol. The molecule has 6 heteroatoms. The molecular formula is C25H39NO5. The number of aliphatic hydroxyl groups excluding tert-OH is 1. The summed E-state index contributed by atoms with van der Waals surface area (Å²) < 4.78 is 4.92. The number of aliphatic hydroxyl groups is 1. The summed E-state index contributed by atoms with van der Waals surface area (Å²) in [5, 5.41) is 21.7. The van der Waals surface area contributed by atoms with Gasteiger partial charge in [0.2, 0.25) is 5.91 Å². The van der Waals surface area contributed by atoms with E-state index in [0.29, 0.717) is 31.1 Å². The molecule has 0 saturated heterocycles. The summed E-state index contributed by atoms with van der Waals surface area (Å²) in [4.78, 5) is 25.7. The number of hydrogen-bond acceptors (Lipinski definition) is 5. The van der Waals surface area contributed by atoms with Gasteiger partial charge in [-0.1, -0.05) is 52.0 Å². The molecule has 0 unspecified atom stereocenters. The molecule has 1 amide bonds. The third-order valence-electron chi connectivity index (χ3n) is 5.20. The van der Waals surface area contributed by atoms with Gasteiger partial charge in [-0.2, -0.15) is 0 Å². The third kappa shape index (κ3) is 10.0. The third-order valence-corrected chi connectivity index (χ3v) is 5.20. The van der Waals surface area contributed by atoms with Crippen LogP contribution in [0.2, 0.25) is 0 Å². The number of rotatable bonds is 13. The van der Waals surface area contributed by atoms with Crippen LogP contribution in [0.3, 0.4) is 0 Å². The molecule has 0 aromatic heterocycles. The molecule has 0 fully saturated rings. The maximum atomic E-state index is 13.3. The van der Waals surface area contributed by atoms with Crippen molar-refractivity contribution in [3.8, 4) is 5.75 Å². The first-order valence-corrected chi connectivity index (χ1v) is 11.1. The number of allylic oxidation sites excluding steroid dienone is 2. The zero-order valence-electron chi connectivity index (χ0n) is 19.5. The second kappa shape index (κ2) is 13.9. The highest BCUT2D eigenvalue weighted by Crippen LogP contribution is 2.27. The highest BCUT2D eigenvalue weighted by molar-refractivity contribution is 5.86. The minimum Gasteiger partial charge on any atom is -0.508 e. The van der Waals surface area contributed by atoms with Crippen LogP contribution in [0.4, 0.5) is 0 Å². The summed E-state index contributed by atoms with van der Waals surface area (Å²) in [5.74, 6) is -0.223. The van der Waals surface area contributed by atoms with Crippen LogP contribution in [-0.4, -0.2) is 41.8 Å². The number of ether oxygens (including phenoxy) is 1. The van der Waals surface area contributed by atoms with Gasteiger partial charge in [0.1, 0.15) is 11.8 Å². The molecular weight excluding hydrogens is 394 g/mol. The Morgan fingerprint density at radius 3 is 2.26 bits per heavy atom. The summed E-state index contributed by atoms with van der Waals surface area (Å²) in [6, 6.07) is 5.73. The van der Waals surface area contributed by atoms with E-state index in [1.54, 1.807) is 24.3 Å². The van der Waals surface area contributed by atoms with E-state index in [1.165, 1.54) is 7.11 Å². The van der Waals surface area contributed by atoms with Crippen LogP contribution in [0.15, 0.2) is 36.4 Å². The van der Waals surface area contributed by atoms with E-state index in [0.717, 1.165) is 5.56 Å². The Morgan fingerprint density at radius 2 is 1.74 bits per heavy atom. The maximum Gasteiger partial charge on any atom is 0.328 e. The molecule has 3 atom stereocenters. The summed E-state index contributed by atoms with van der Waals surface area (Å²) >= 11 is 0. The number of esters is 1. The number of aromatic hydroxyl groups is 1. The van der Waals surface area contributed by atoms with Gasteiger partial charge in [-0.25, -0.2) is 4.79 Å². The number of amides is 1. The molecule has 0 heterocycles. The fraction of sp³-hybridized carbons (Fsp3) is 0.600. The van der Waals surface area contributed by atoms with E-state index in [-0.39, 0.29) is 36.5 Å². The Balaban J connectivity index is 3.09. The zero-order valence-corrected chi connectivity index (χ0v) is 19.5. The van der Waals surface area contributed by atoms with Crippen LogP contribution >= 0.6 is 0 Å². The minimum atomic E-state index is -0.815. The van der Waals surface area contributed by atoms with Gasteiger partial charge >= 0.3 is 5.97 Å². The fourth-order valence-electron chi connectivity index (χ4n) is 3.59. The molecule has 0 bridgehead atoms. The lowest BCUT2D eigenvalue weighted by atomic mass is 9.81. The largest absolute Gasteiger partial charge is 0.508 e. The number of carbonyl (C=O) groups is 2. The van der Waals surface area contributed by atoms with Crippen molar-refractivity contribution >= 4 is 11.9 Å². The fourth-order valence-corrected chi connectivity index (χ4v) is 3.59. The Hall–Kier alpha value is -2.34. The number of benzene rings is 1. The Bertz CT molecular complexity index is 696. The lowest BCUT2D eigenvalue weighted by Crippen LogP contribution is -2.47. The lowest BCUT2D eigenvalue weighted by molar-refractivity contribution is -0.145. The standard InChI is InChI=1S/C25H39NO5/c1-17(2)8-11-20(7-6-14-27)22(15-18(3)4)24(29)26-23(25(30)31-5)16-19-9-12-21(28)13-10-19/h8-13,17-18,20,22-23,27-28H,6-7,14-16H2,1-5H3,(H,26,29)/b11-8+/t20-,22-,23+/m1/s1. The molecule has 174 valence electrons. The van der Waals surface area contributed by atoms with E-state index < -0.39 is 12.0 Å². The van der Waals surface area contributed by atoms with Crippen molar-refractivity contribution in [2.45, 2.75) is 59.4 Å². The first-order valence-electron chi connectivity index (χ1n) is 11.1. The van der Waals surface area contributed by atoms with Gasteiger partial charge in [0.15, 0.2) is 0 Å². The quantitative estimate of drug-likeness (QED) is 0.324. The summed E-state index contributed by atoms with van der Waals surface area (Å²) in [6.45, 7) is 8.39. The molecule has 31 heavy (non-hydrogen) atoms. The Kier molecular flexibility index (Phi) is 11.9. The van der Waals surface area contributed by atoms with Crippen LogP contribution in [0.5, 0.6) is 5.75 Å². The van der Waals surface area contributed by atoms with E-state index in [4.69, 9.17) is 4.74 Å². The number of phenolic OH excluding ortho intramolecular Hbond substituents is 1. The smallest absolute Gasteiger partial charge is 0.328 e. The first-order chi connectivity index (χ1) is 14.7. The molecule has 3 N–H and O–H groups in total. The average molecular weight is 434 g/mol. The van der Waals surface area contributed by atoms with Crippen LogP contribution in [0.1, 0.15) is 52.5 Å². The van der Waals surface area contributed by atoms with Gasteiger partial charge < -0.3 is 20.3 Å². The summed E-state index contributed by atoms with van der Waals surface area (Å²) in [7, 11) is 1.30. The number of methoxy groups -OCH3 is 1. The minimum absolute atomic E-state index is 0.0241. The van der Waals surface area contributed by atoms with Crippen molar-refractivity contribution in [2.75, 3.05) is 13.7 Å². The van der Waals surface area contributed by atoms with Crippen LogP contribution < -0.4 is 5.32 Å². The van der Waals surface area contributed by atoms with E-state index >= 15 is 0 Å². The number of nitrogens with one attached hydrogen (secondary N) is 1. The molecule has 6 nitrogen and oxygen atoms in total. The first kappa shape index (κ1) is 26.7. The summed E-state index contributed by atoms with van der Waals surface area (Å²) in [5.41, 5.74) is 0.811. The van der Waals surface area contributed by atoms with Crippen LogP contribution in [-0.2, 0) is 20.7 Å². The highest BCUT2D eigenvalue weighted by atomic mass is 16.5. The van der Waals surface area contributed by atoms with Gasteiger partial charge in [0, 0.05) is 18.9 Å². The average Bonchev–Trinajstić information content (AvgIpc) is 2.72. The normalized spacial score (nSPS) is 14.6. The van der Waals surface area contributed by atoms with Crippen LogP contribution in [0.25, 0.3) is 0 Å². The van der Waals surface area contributed by atoms with Crippen molar-refractivity contribution < 1.29 is 24.5 Å². The molecule has 0 spiro atoms. The van der Waals surface area contributed by atoms with Crippen LogP contribution in [0, 0.1) is 23.7 Å². The SMILES string of the molecule is COC(=O)[C@H](Cc1ccc(O)cc1)NC(=O)[C@H](CC(C)C)[C@@H](/C=C/C(C)C)CCCO. The van der Waals surface area contributed by atoms with Gasteiger partial charge in [0.25, 0.3) is 0 Å². The number of hydrogen-bond donors (Lipinski definition) is 3. The molecule has 0 aliphatic rings. The van der Waals surface area contributed by atoms with E-state index in [1.807, 2.05) is 0 Å². The molecule has 0 radical (unpaired) electrons. The van der Waals surface area contributed by atoms with Crippen molar-refractivity contribution in [1.29, 1.82) is 0 Å². The highest BCUT2D eigenvalue weighted by Gasteiger charge is 2.31. The van der Waals surface area contributed by atoms with E-state index in [2.05, 4.69) is 45.2 Å². The van der Waals surface area contributed by atoms with Crippen molar-refractivity contribution in [3.05, 3.63) is 42.0 Å². The Labute approximate surface area is 186 Å². The molecule has 0 saturated carbocycles.